The minimum Gasteiger partial charge on any atom is -0.591 e. The Labute approximate surface area is 172 Å². The molecule has 0 amide bonds. The fourth-order valence-corrected chi connectivity index (χ4v) is 3.28. The summed E-state index contributed by atoms with van der Waals surface area (Å²) >= 11 is -1.25. The van der Waals surface area contributed by atoms with Crippen LogP contribution in [0.5, 0.6) is 5.75 Å². The molecule has 0 saturated carbocycles. The van der Waals surface area contributed by atoms with Gasteiger partial charge < -0.3 is 24.5 Å². The molecular formula is C21H34N2O4S. The second kappa shape index (κ2) is 10.1. The Hall–Kier alpha value is -1.12. The fraction of sp³-hybridized carbons (Fsp3) is 0.667. The minimum atomic E-state index is -1.25. The van der Waals surface area contributed by atoms with Gasteiger partial charge in [0.15, 0.2) is 5.79 Å². The van der Waals surface area contributed by atoms with Crippen LogP contribution in [0.4, 0.5) is 0 Å². The molecule has 1 aromatic rings. The first-order valence-corrected chi connectivity index (χ1v) is 10.9. The molecule has 6 nitrogen and oxygen atoms in total. The lowest BCUT2D eigenvalue weighted by molar-refractivity contribution is -0.141. The molecule has 1 aliphatic heterocycles. The Morgan fingerprint density at radius 3 is 2.61 bits per heavy atom. The molecule has 0 spiro atoms. The maximum absolute atomic E-state index is 11.9. The Morgan fingerprint density at radius 2 is 2.04 bits per heavy atom. The summed E-state index contributed by atoms with van der Waals surface area (Å²) in [6.45, 7) is 10.5. The number of rotatable bonds is 9. The van der Waals surface area contributed by atoms with Crippen molar-refractivity contribution in [3.05, 3.63) is 29.8 Å². The minimum absolute atomic E-state index is 0.0366. The van der Waals surface area contributed by atoms with Crippen molar-refractivity contribution in [3.63, 3.8) is 0 Å². The number of aryl methyl sites for hydroxylation is 1. The fourth-order valence-electron chi connectivity index (χ4n) is 2.69. The van der Waals surface area contributed by atoms with Gasteiger partial charge in [-0.05, 0) is 71.6 Å². The number of hydrogen-bond acceptors (Lipinski definition) is 6. The summed E-state index contributed by atoms with van der Waals surface area (Å²) in [6.07, 6.45) is 4.26. The van der Waals surface area contributed by atoms with E-state index in [-0.39, 0.29) is 16.9 Å². The maximum Gasteiger partial charge on any atom is 0.163 e. The van der Waals surface area contributed by atoms with Crippen molar-refractivity contribution >= 4 is 17.6 Å². The van der Waals surface area contributed by atoms with Gasteiger partial charge in [0, 0.05) is 6.04 Å². The van der Waals surface area contributed by atoms with E-state index in [0.717, 1.165) is 25.0 Å². The quantitative estimate of drug-likeness (QED) is 0.498. The average Bonchev–Trinajstić information content (AvgIpc) is 2.97. The summed E-state index contributed by atoms with van der Waals surface area (Å²) in [5.74, 6) is 0.302. The molecule has 7 heteroatoms. The van der Waals surface area contributed by atoms with Crippen molar-refractivity contribution in [1.29, 1.82) is 0 Å². The van der Waals surface area contributed by atoms with E-state index >= 15 is 0 Å². The van der Waals surface area contributed by atoms with Gasteiger partial charge in [0.05, 0.1) is 12.8 Å². The molecule has 2 rings (SSSR count). The first-order valence-electron chi connectivity index (χ1n) is 9.80. The van der Waals surface area contributed by atoms with Gasteiger partial charge in [-0.2, -0.15) is 0 Å². The van der Waals surface area contributed by atoms with Crippen molar-refractivity contribution in [2.45, 2.75) is 76.6 Å². The maximum atomic E-state index is 11.9. The Balaban J connectivity index is 1.67. The Morgan fingerprint density at radius 1 is 1.36 bits per heavy atom. The lowest BCUT2D eigenvalue weighted by atomic mass is 10.1. The van der Waals surface area contributed by atoms with Crippen molar-refractivity contribution in [2.75, 3.05) is 13.2 Å². The molecule has 0 radical (unpaired) electrons. The van der Waals surface area contributed by atoms with E-state index in [1.807, 2.05) is 46.8 Å². The number of nitrogens with two attached hydrogens (primary N) is 1. The second-order valence-electron chi connectivity index (χ2n) is 8.58. The SMILES string of the molecule is CC1(C)OC[C@@H](COc2ccc(CCCC(N)C=N[S+]([O-])C(C)(C)C)cc2)O1. The molecule has 0 aromatic heterocycles. The molecule has 0 aliphatic carbocycles. The van der Waals surface area contributed by atoms with Gasteiger partial charge in [-0.25, -0.2) is 0 Å². The summed E-state index contributed by atoms with van der Waals surface area (Å²) in [6, 6.07) is 7.92. The molecule has 158 valence electrons. The van der Waals surface area contributed by atoms with Crippen LogP contribution in [0.2, 0.25) is 0 Å². The molecule has 2 N–H and O–H groups in total. The zero-order valence-electron chi connectivity index (χ0n) is 17.6. The van der Waals surface area contributed by atoms with Crippen LogP contribution < -0.4 is 10.5 Å². The molecule has 3 atom stereocenters. The third kappa shape index (κ3) is 8.09. The third-order valence-electron chi connectivity index (χ3n) is 4.30. The zero-order chi connectivity index (χ0) is 20.8. The smallest absolute Gasteiger partial charge is 0.163 e. The second-order valence-corrected chi connectivity index (χ2v) is 10.5. The average molecular weight is 411 g/mol. The number of nitrogens with zero attached hydrogens (tertiary/aromatic N) is 1. The van der Waals surface area contributed by atoms with Crippen molar-refractivity contribution in [3.8, 4) is 5.75 Å². The highest BCUT2D eigenvalue weighted by Gasteiger charge is 2.32. The van der Waals surface area contributed by atoms with E-state index in [2.05, 4.69) is 16.5 Å². The zero-order valence-corrected chi connectivity index (χ0v) is 18.5. The molecule has 2 unspecified atom stereocenters. The highest BCUT2D eigenvalue weighted by Crippen LogP contribution is 2.23. The van der Waals surface area contributed by atoms with Gasteiger partial charge in [-0.1, -0.05) is 16.5 Å². The van der Waals surface area contributed by atoms with Gasteiger partial charge in [-0.3, -0.25) is 0 Å². The van der Waals surface area contributed by atoms with E-state index < -0.39 is 17.1 Å². The van der Waals surface area contributed by atoms with Gasteiger partial charge >= 0.3 is 0 Å². The standard InChI is InChI=1S/C21H34N2O4S/c1-20(2,3)28(24)23-13-17(22)8-6-7-16-9-11-18(12-10-16)25-14-19-15-26-21(4,5)27-19/h9-13,17,19H,6-8,14-15,22H2,1-5H3/t17?,19-,28?/m1/s1. The third-order valence-corrected chi connectivity index (χ3v) is 5.66. The molecule has 0 bridgehead atoms. The van der Waals surface area contributed by atoms with Crippen molar-refractivity contribution < 1.29 is 18.8 Å². The highest BCUT2D eigenvalue weighted by molar-refractivity contribution is 7.91. The van der Waals surface area contributed by atoms with Gasteiger partial charge in [0.2, 0.25) is 0 Å². The van der Waals surface area contributed by atoms with Crippen LogP contribution in [0.15, 0.2) is 28.7 Å². The van der Waals surface area contributed by atoms with Gasteiger partial charge in [0.1, 0.15) is 34.6 Å². The first kappa shape index (κ1) is 23.2. The van der Waals surface area contributed by atoms with Crippen molar-refractivity contribution in [1.82, 2.24) is 0 Å². The normalized spacial score (nSPS) is 21.8. The van der Waals surface area contributed by atoms with Crippen LogP contribution in [-0.2, 0) is 27.3 Å². The summed E-state index contributed by atoms with van der Waals surface area (Å²) in [5.41, 5.74) is 7.28. The van der Waals surface area contributed by atoms with E-state index in [4.69, 9.17) is 19.9 Å². The summed E-state index contributed by atoms with van der Waals surface area (Å²) in [4.78, 5) is 0. The van der Waals surface area contributed by atoms with E-state index in [1.54, 1.807) is 6.21 Å². The predicted octanol–water partition coefficient (Wildman–Crippen LogP) is 3.40. The highest BCUT2D eigenvalue weighted by atomic mass is 32.2. The van der Waals surface area contributed by atoms with Crippen LogP contribution in [0.1, 0.15) is 53.0 Å². The van der Waals surface area contributed by atoms with Crippen LogP contribution in [0.3, 0.4) is 0 Å². The Kier molecular flexibility index (Phi) is 8.33. The van der Waals surface area contributed by atoms with E-state index in [9.17, 15) is 4.55 Å². The molecule has 1 aliphatic rings. The van der Waals surface area contributed by atoms with E-state index in [0.29, 0.717) is 13.2 Å². The largest absolute Gasteiger partial charge is 0.591 e. The number of benzene rings is 1. The molecule has 1 fully saturated rings. The topological polar surface area (TPSA) is 89.1 Å². The summed E-state index contributed by atoms with van der Waals surface area (Å²) in [5, 5.41) is 0. The monoisotopic (exact) mass is 410 g/mol. The lowest BCUT2D eigenvalue weighted by Crippen LogP contribution is -2.28. The predicted molar refractivity (Wildman–Crippen MR) is 114 cm³/mol. The van der Waals surface area contributed by atoms with Crippen LogP contribution in [0, 0.1) is 0 Å². The first-order chi connectivity index (χ1) is 13.0. The lowest BCUT2D eigenvalue weighted by Gasteiger charge is -2.18. The number of hydrogen-bond donors (Lipinski definition) is 1. The molecule has 28 heavy (non-hydrogen) atoms. The number of ether oxygens (including phenoxy) is 3. The van der Waals surface area contributed by atoms with Crippen LogP contribution >= 0.6 is 0 Å². The van der Waals surface area contributed by atoms with Crippen molar-refractivity contribution in [2.24, 2.45) is 10.1 Å². The van der Waals surface area contributed by atoms with Gasteiger partial charge in [0.25, 0.3) is 0 Å². The Bertz CT molecular complexity index is 628. The van der Waals surface area contributed by atoms with Gasteiger partial charge in [-0.15, -0.1) is 0 Å². The summed E-state index contributed by atoms with van der Waals surface area (Å²) < 4.78 is 32.7. The van der Waals surface area contributed by atoms with Crippen LogP contribution in [0.25, 0.3) is 0 Å². The van der Waals surface area contributed by atoms with E-state index in [1.165, 1.54) is 5.56 Å². The molecule has 1 saturated heterocycles. The summed E-state index contributed by atoms with van der Waals surface area (Å²) in [7, 11) is 0. The molecule has 1 heterocycles. The van der Waals surface area contributed by atoms with Crippen LogP contribution in [-0.4, -0.2) is 46.7 Å². The molecular weight excluding hydrogens is 376 g/mol. The molecule has 1 aromatic carbocycles.